The highest BCUT2D eigenvalue weighted by Gasteiger charge is 2.24. The Morgan fingerprint density at radius 2 is 2.36 bits per heavy atom. The maximum Gasteiger partial charge on any atom is 0.228 e. The van der Waals surface area contributed by atoms with Gasteiger partial charge in [-0.1, -0.05) is 6.07 Å². The first-order chi connectivity index (χ1) is 12.2. The third kappa shape index (κ3) is 4.33. The van der Waals surface area contributed by atoms with Crippen molar-refractivity contribution in [2.24, 2.45) is 0 Å². The molecule has 0 bridgehead atoms. The zero-order valence-electron chi connectivity index (χ0n) is 14.0. The third-order valence-corrected chi connectivity index (χ3v) is 4.71. The van der Waals surface area contributed by atoms with Gasteiger partial charge < -0.3 is 10.1 Å². The first-order valence-electron chi connectivity index (χ1n) is 8.25. The predicted octanol–water partition coefficient (Wildman–Crippen LogP) is 1.92. The number of hydrogen-bond acceptors (Lipinski definition) is 6. The molecule has 0 atom stereocenters. The molecule has 1 aliphatic heterocycles. The molecule has 0 spiro atoms. The minimum atomic E-state index is -0.129. The normalized spacial score (nSPS) is 14.0. The van der Waals surface area contributed by atoms with Crippen LogP contribution in [0.1, 0.15) is 31.0 Å². The predicted molar refractivity (Wildman–Crippen MR) is 94.7 cm³/mol. The van der Waals surface area contributed by atoms with Crippen LogP contribution >= 0.6 is 11.3 Å². The van der Waals surface area contributed by atoms with Crippen molar-refractivity contribution >= 4 is 28.3 Å². The molecule has 2 amide bonds. The van der Waals surface area contributed by atoms with Gasteiger partial charge in [0.05, 0.1) is 18.7 Å². The highest BCUT2D eigenvalue weighted by atomic mass is 32.1. The van der Waals surface area contributed by atoms with E-state index in [1.54, 1.807) is 11.1 Å². The molecule has 132 valence electrons. The second-order valence-corrected chi connectivity index (χ2v) is 6.46. The number of nitrogens with one attached hydrogen (secondary N) is 1. The fourth-order valence-electron chi connectivity index (χ4n) is 2.60. The van der Waals surface area contributed by atoms with Crippen LogP contribution < -0.4 is 15.0 Å². The van der Waals surface area contributed by atoms with Crippen LogP contribution in [0.4, 0.5) is 5.13 Å². The summed E-state index contributed by atoms with van der Waals surface area (Å²) in [7, 11) is 0. The maximum absolute atomic E-state index is 12.2. The molecule has 0 radical (unpaired) electrons. The average Bonchev–Trinajstić information content (AvgIpc) is 3.23. The quantitative estimate of drug-likeness (QED) is 0.815. The van der Waals surface area contributed by atoms with Gasteiger partial charge in [0.1, 0.15) is 0 Å². The molecular weight excluding hydrogens is 340 g/mol. The standard InChI is InChI=1S/C17H20N4O3S/c1-2-24-16-12(5-3-7-18-16)10-19-14(22)9-13-11-25-17(20-13)21-8-4-6-15(21)23/h3,5,7,11H,2,4,6,8-10H2,1H3,(H,19,22). The molecule has 2 aromatic heterocycles. The molecule has 1 aliphatic rings. The number of rotatable bonds is 7. The van der Waals surface area contributed by atoms with E-state index in [0.29, 0.717) is 42.8 Å². The Bertz CT molecular complexity index is 762. The summed E-state index contributed by atoms with van der Waals surface area (Å²) >= 11 is 1.40. The number of thiazole rings is 1. The second kappa shape index (κ2) is 8.06. The number of carbonyl (C=O) groups excluding carboxylic acids is 2. The van der Waals surface area contributed by atoms with Gasteiger partial charge in [0.25, 0.3) is 0 Å². The lowest BCUT2D eigenvalue weighted by Gasteiger charge is -2.10. The van der Waals surface area contributed by atoms with E-state index >= 15 is 0 Å². The number of hydrogen-bond donors (Lipinski definition) is 1. The summed E-state index contributed by atoms with van der Waals surface area (Å²) in [5.41, 5.74) is 1.51. The van der Waals surface area contributed by atoms with Crippen molar-refractivity contribution in [2.45, 2.75) is 32.7 Å². The van der Waals surface area contributed by atoms with Crippen LogP contribution in [0, 0.1) is 0 Å². The zero-order valence-corrected chi connectivity index (χ0v) is 14.8. The molecule has 25 heavy (non-hydrogen) atoms. The molecule has 0 unspecified atom stereocenters. The van der Waals surface area contributed by atoms with E-state index in [1.807, 2.05) is 24.4 Å². The van der Waals surface area contributed by atoms with Crippen LogP contribution in [0.25, 0.3) is 0 Å². The van der Waals surface area contributed by atoms with Gasteiger partial charge in [0.15, 0.2) is 5.13 Å². The molecule has 1 fully saturated rings. The van der Waals surface area contributed by atoms with Gasteiger partial charge in [-0.15, -0.1) is 11.3 Å². The fourth-order valence-corrected chi connectivity index (χ4v) is 3.47. The molecule has 7 nitrogen and oxygen atoms in total. The molecular formula is C17H20N4O3S. The molecule has 1 N–H and O–H groups in total. The zero-order chi connectivity index (χ0) is 17.6. The van der Waals surface area contributed by atoms with Gasteiger partial charge in [-0.3, -0.25) is 14.5 Å². The first-order valence-corrected chi connectivity index (χ1v) is 9.13. The lowest BCUT2D eigenvalue weighted by atomic mass is 10.2. The van der Waals surface area contributed by atoms with E-state index in [9.17, 15) is 9.59 Å². The summed E-state index contributed by atoms with van der Waals surface area (Å²) in [5, 5.41) is 5.37. The summed E-state index contributed by atoms with van der Waals surface area (Å²) in [5.74, 6) is 0.509. The fraction of sp³-hybridized carbons (Fsp3) is 0.412. The smallest absolute Gasteiger partial charge is 0.228 e. The second-order valence-electron chi connectivity index (χ2n) is 5.62. The van der Waals surface area contributed by atoms with Crippen molar-refractivity contribution in [3.63, 3.8) is 0 Å². The first kappa shape index (κ1) is 17.3. The summed E-state index contributed by atoms with van der Waals surface area (Å²) < 4.78 is 5.45. The number of aromatic nitrogens is 2. The Morgan fingerprint density at radius 1 is 1.48 bits per heavy atom. The van der Waals surface area contributed by atoms with Gasteiger partial charge in [0, 0.05) is 36.7 Å². The number of anilines is 1. The lowest BCUT2D eigenvalue weighted by molar-refractivity contribution is -0.120. The SMILES string of the molecule is CCOc1ncccc1CNC(=O)Cc1csc(N2CCCC2=O)n1. The molecule has 0 aliphatic carbocycles. The molecule has 2 aromatic rings. The minimum Gasteiger partial charge on any atom is -0.478 e. The molecule has 3 heterocycles. The van der Waals surface area contributed by atoms with Crippen LogP contribution in [0.3, 0.4) is 0 Å². The number of pyridine rings is 1. The Balaban J connectivity index is 1.55. The van der Waals surface area contributed by atoms with E-state index in [-0.39, 0.29) is 18.2 Å². The van der Waals surface area contributed by atoms with Crippen LogP contribution in [-0.2, 0) is 22.6 Å². The largest absolute Gasteiger partial charge is 0.478 e. The Kier molecular flexibility index (Phi) is 5.60. The van der Waals surface area contributed by atoms with Gasteiger partial charge in [-0.2, -0.15) is 0 Å². The van der Waals surface area contributed by atoms with Gasteiger partial charge >= 0.3 is 0 Å². The van der Waals surface area contributed by atoms with Crippen LogP contribution in [0.15, 0.2) is 23.7 Å². The van der Waals surface area contributed by atoms with Crippen LogP contribution in [0.5, 0.6) is 5.88 Å². The van der Waals surface area contributed by atoms with Gasteiger partial charge in [0.2, 0.25) is 17.7 Å². The Morgan fingerprint density at radius 3 is 3.12 bits per heavy atom. The van der Waals surface area contributed by atoms with Crippen LogP contribution in [0.2, 0.25) is 0 Å². The van der Waals surface area contributed by atoms with Gasteiger partial charge in [-0.25, -0.2) is 9.97 Å². The highest BCUT2D eigenvalue weighted by molar-refractivity contribution is 7.14. The van der Waals surface area contributed by atoms with Crippen molar-refractivity contribution in [3.8, 4) is 5.88 Å². The van der Waals surface area contributed by atoms with Crippen molar-refractivity contribution in [3.05, 3.63) is 35.0 Å². The number of ether oxygens (including phenoxy) is 1. The molecule has 0 aromatic carbocycles. The summed E-state index contributed by atoms with van der Waals surface area (Å²) in [6.45, 7) is 3.47. The third-order valence-electron chi connectivity index (χ3n) is 3.79. The molecule has 0 saturated carbocycles. The van der Waals surface area contributed by atoms with E-state index in [1.165, 1.54) is 11.3 Å². The summed E-state index contributed by atoms with van der Waals surface area (Å²) in [4.78, 5) is 34.2. The van der Waals surface area contributed by atoms with E-state index in [2.05, 4.69) is 15.3 Å². The van der Waals surface area contributed by atoms with Crippen molar-refractivity contribution in [2.75, 3.05) is 18.1 Å². The number of nitrogens with zero attached hydrogens (tertiary/aromatic N) is 3. The Hall–Kier alpha value is -2.48. The molecule has 8 heteroatoms. The van der Waals surface area contributed by atoms with E-state index in [0.717, 1.165) is 12.0 Å². The highest BCUT2D eigenvalue weighted by Crippen LogP contribution is 2.25. The van der Waals surface area contributed by atoms with Crippen molar-refractivity contribution < 1.29 is 14.3 Å². The number of amides is 2. The lowest BCUT2D eigenvalue weighted by Crippen LogP contribution is -2.25. The topological polar surface area (TPSA) is 84.4 Å². The average molecular weight is 360 g/mol. The minimum absolute atomic E-state index is 0.102. The monoisotopic (exact) mass is 360 g/mol. The van der Waals surface area contributed by atoms with Crippen molar-refractivity contribution in [1.29, 1.82) is 0 Å². The number of carbonyl (C=O) groups is 2. The van der Waals surface area contributed by atoms with Gasteiger partial charge in [-0.05, 0) is 19.4 Å². The molecule has 1 saturated heterocycles. The maximum atomic E-state index is 12.2. The van der Waals surface area contributed by atoms with Crippen molar-refractivity contribution in [1.82, 2.24) is 15.3 Å². The summed E-state index contributed by atoms with van der Waals surface area (Å²) in [6.07, 6.45) is 3.28. The van der Waals surface area contributed by atoms with Crippen LogP contribution in [-0.4, -0.2) is 34.9 Å². The van der Waals surface area contributed by atoms with E-state index < -0.39 is 0 Å². The summed E-state index contributed by atoms with van der Waals surface area (Å²) in [6, 6.07) is 3.68. The Labute approximate surface area is 150 Å². The molecule has 3 rings (SSSR count). The van der Waals surface area contributed by atoms with E-state index in [4.69, 9.17) is 4.74 Å².